The molecule has 51 heavy (non-hydrogen) atoms. The molecule has 8 nitrogen and oxygen atoms in total. The highest BCUT2D eigenvalue weighted by molar-refractivity contribution is 6.27. The van der Waals surface area contributed by atoms with E-state index in [-0.39, 0.29) is 5.97 Å². The summed E-state index contributed by atoms with van der Waals surface area (Å²) in [5.41, 5.74) is 6.99. The average molecular weight is 674 g/mol. The molecule has 1 aliphatic rings. The lowest BCUT2D eigenvalue weighted by atomic mass is 9.77. The van der Waals surface area contributed by atoms with Crippen molar-refractivity contribution in [2.24, 2.45) is 5.10 Å². The number of rotatable bonds is 12. The van der Waals surface area contributed by atoms with Crippen molar-refractivity contribution in [1.29, 1.82) is 0 Å². The molecule has 8 heteroatoms. The lowest BCUT2D eigenvalue weighted by molar-refractivity contribution is -0.864. The highest BCUT2D eigenvalue weighted by Gasteiger charge is 2.41. The van der Waals surface area contributed by atoms with Crippen molar-refractivity contribution in [3.63, 3.8) is 0 Å². The Balaban J connectivity index is 1.29. The molecule has 0 saturated carbocycles. The summed E-state index contributed by atoms with van der Waals surface area (Å²) in [6, 6.07) is 47.2. The molecule has 0 amide bonds. The van der Waals surface area contributed by atoms with E-state index in [1.807, 2.05) is 105 Å². The summed E-state index contributed by atoms with van der Waals surface area (Å²) in [6.45, 7) is 5.09. The maximum absolute atomic E-state index is 13.0. The molecule has 1 aromatic heterocycles. The highest BCUT2D eigenvalue weighted by atomic mass is 16.5. The topological polar surface area (TPSA) is 82.3 Å². The van der Waals surface area contributed by atoms with E-state index in [9.17, 15) is 4.79 Å². The first-order chi connectivity index (χ1) is 25.0. The summed E-state index contributed by atoms with van der Waals surface area (Å²) in [7, 11) is 2.02. The Labute approximate surface area is 298 Å². The van der Waals surface area contributed by atoms with Gasteiger partial charge in [0.1, 0.15) is 24.0 Å². The molecule has 1 atom stereocenters. The summed E-state index contributed by atoms with van der Waals surface area (Å²) >= 11 is 0. The monoisotopic (exact) mass is 673 g/mol. The smallest absolute Gasteiger partial charge is 0.346 e. The lowest BCUT2D eigenvalue weighted by Gasteiger charge is -2.34. The standard InChI is InChI=1S/C43H41N6O2/c1-4-6-30-49(3)31-39(42(50)51-5-2)40(46-49)33-28-26-32(27-29-33)37-24-16-17-25-38(37)41-44-47-48(45-41)43(34-18-10-7-11-19-34,35-20-12-8-13-21-35)36-22-14-9-15-23-36/h7-29,31H,4-6,30H2,1-3H3/q+1. The molecule has 1 aliphatic heterocycles. The van der Waals surface area contributed by atoms with Gasteiger partial charge in [-0.2, -0.15) is 4.59 Å². The van der Waals surface area contributed by atoms with E-state index in [0.717, 1.165) is 58.3 Å². The fourth-order valence-electron chi connectivity index (χ4n) is 6.90. The average Bonchev–Trinajstić information content (AvgIpc) is 3.82. The van der Waals surface area contributed by atoms with Crippen molar-refractivity contribution in [2.75, 3.05) is 20.2 Å². The normalized spacial score (nSPS) is 15.7. The number of carbonyl (C=O) groups excluding carboxylic acids is 1. The molecule has 2 heterocycles. The second kappa shape index (κ2) is 14.5. The van der Waals surface area contributed by atoms with E-state index in [2.05, 4.69) is 61.5 Å². The van der Waals surface area contributed by atoms with Crippen LogP contribution >= 0.6 is 0 Å². The van der Waals surface area contributed by atoms with E-state index in [0.29, 0.717) is 28.3 Å². The van der Waals surface area contributed by atoms with Crippen LogP contribution in [-0.4, -0.2) is 56.7 Å². The first-order valence-corrected chi connectivity index (χ1v) is 17.5. The van der Waals surface area contributed by atoms with Crippen molar-refractivity contribution in [1.82, 2.24) is 20.2 Å². The van der Waals surface area contributed by atoms with Crippen LogP contribution in [0.4, 0.5) is 0 Å². The van der Waals surface area contributed by atoms with Gasteiger partial charge in [0.25, 0.3) is 0 Å². The molecular formula is C43H41N6O2+. The third kappa shape index (κ3) is 6.42. The molecule has 0 aliphatic carbocycles. The third-order valence-electron chi connectivity index (χ3n) is 9.38. The van der Waals surface area contributed by atoms with Gasteiger partial charge in [-0.05, 0) is 46.4 Å². The predicted molar refractivity (Wildman–Crippen MR) is 201 cm³/mol. The quantitative estimate of drug-likeness (QED) is 0.0742. The van der Waals surface area contributed by atoms with Gasteiger partial charge < -0.3 is 4.74 Å². The van der Waals surface area contributed by atoms with Crippen LogP contribution in [0.2, 0.25) is 0 Å². The Hall–Kier alpha value is -5.99. The van der Waals surface area contributed by atoms with Crippen molar-refractivity contribution in [2.45, 2.75) is 32.2 Å². The molecule has 254 valence electrons. The van der Waals surface area contributed by atoms with E-state index in [1.165, 1.54) is 0 Å². The van der Waals surface area contributed by atoms with Crippen LogP contribution in [0, 0.1) is 0 Å². The van der Waals surface area contributed by atoms with Gasteiger partial charge >= 0.3 is 5.97 Å². The lowest BCUT2D eigenvalue weighted by Crippen LogP contribution is -2.39. The molecule has 0 spiro atoms. The zero-order valence-electron chi connectivity index (χ0n) is 29.2. The molecule has 1 unspecified atom stereocenters. The molecule has 6 aromatic rings. The first kappa shape index (κ1) is 33.5. The number of tetrazole rings is 1. The number of nitrogens with zero attached hydrogens (tertiary/aromatic N) is 6. The Morgan fingerprint density at radius 1 is 0.706 bits per heavy atom. The Morgan fingerprint density at radius 2 is 1.24 bits per heavy atom. The molecule has 0 fully saturated rings. The van der Waals surface area contributed by atoms with Crippen LogP contribution in [0.25, 0.3) is 22.5 Å². The van der Waals surface area contributed by atoms with E-state index in [1.54, 1.807) is 4.80 Å². The Kier molecular flexibility index (Phi) is 9.51. The largest absolute Gasteiger partial charge is 0.462 e. The van der Waals surface area contributed by atoms with E-state index in [4.69, 9.17) is 25.2 Å². The van der Waals surface area contributed by atoms with Crippen molar-refractivity contribution in [3.05, 3.63) is 174 Å². The molecule has 5 aromatic carbocycles. The van der Waals surface area contributed by atoms with Gasteiger partial charge in [-0.15, -0.1) is 15.0 Å². The number of quaternary nitrogens is 1. The number of esters is 1. The van der Waals surface area contributed by atoms with Crippen LogP contribution in [0.1, 0.15) is 48.9 Å². The van der Waals surface area contributed by atoms with Crippen LogP contribution in [0.5, 0.6) is 0 Å². The summed E-state index contributed by atoms with van der Waals surface area (Å²) < 4.78 is 5.74. The number of aromatic nitrogens is 4. The zero-order valence-corrected chi connectivity index (χ0v) is 29.2. The number of benzene rings is 5. The van der Waals surface area contributed by atoms with Crippen molar-refractivity contribution < 1.29 is 14.1 Å². The maximum atomic E-state index is 13.0. The van der Waals surface area contributed by atoms with Crippen LogP contribution in [-0.2, 0) is 15.1 Å². The van der Waals surface area contributed by atoms with Crippen molar-refractivity contribution >= 4 is 11.7 Å². The van der Waals surface area contributed by atoms with Gasteiger partial charge in [0.05, 0.1) is 13.7 Å². The first-order valence-electron chi connectivity index (χ1n) is 17.5. The molecule has 0 bridgehead atoms. The fourth-order valence-corrected chi connectivity index (χ4v) is 6.90. The second-order valence-electron chi connectivity index (χ2n) is 12.8. The molecular weight excluding hydrogens is 633 g/mol. The number of hydrogen-bond acceptors (Lipinski definition) is 6. The molecule has 0 N–H and O–H groups in total. The number of hydrogen-bond donors (Lipinski definition) is 0. The SMILES string of the molecule is CCCC[N+]1(C)C=C(C(=O)OCC)C(c2ccc(-c3ccccc3-c3nnn(C(c4ccccc4)(c4ccccc4)c4ccccc4)n3)cc2)=N1. The fraction of sp³-hybridized carbons (Fsp3) is 0.186. The Morgan fingerprint density at radius 3 is 1.78 bits per heavy atom. The van der Waals surface area contributed by atoms with E-state index < -0.39 is 5.54 Å². The van der Waals surface area contributed by atoms with Crippen LogP contribution in [0.3, 0.4) is 0 Å². The minimum atomic E-state index is -0.873. The highest BCUT2D eigenvalue weighted by Crippen LogP contribution is 2.40. The summed E-state index contributed by atoms with van der Waals surface area (Å²) in [4.78, 5) is 14.8. The van der Waals surface area contributed by atoms with E-state index >= 15 is 0 Å². The zero-order chi connectivity index (χ0) is 35.3. The van der Waals surface area contributed by atoms with Crippen molar-refractivity contribution in [3.8, 4) is 22.5 Å². The number of unbranched alkanes of at least 4 members (excludes halogenated alkanes) is 1. The summed E-state index contributed by atoms with van der Waals surface area (Å²) in [6.07, 6.45) is 3.96. The predicted octanol–water partition coefficient (Wildman–Crippen LogP) is 8.26. The Bertz CT molecular complexity index is 2080. The summed E-state index contributed by atoms with van der Waals surface area (Å²) in [5, 5.41) is 19.6. The van der Waals surface area contributed by atoms with Crippen LogP contribution < -0.4 is 0 Å². The van der Waals surface area contributed by atoms with Gasteiger partial charge in [-0.25, -0.2) is 4.79 Å². The molecule has 7 rings (SSSR count). The van der Waals surface area contributed by atoms with Gasteiger partial charge in [0, 0.05) is 11.1 Å². The second-order valence-corrected chi connectivity index (χ2v) is 12.8. The minimum Gasteiger partial charge on any atom is -0.462 e. The number of carbonyl (C=O) groups is 1. The maximum Gasteiger partial charge on any atom is 0.346 e. The van der Waals surface area contributed by atoms with Gasteiger partial charge in [0.15, 0.2) is 5.54 Å². The minimum absolute atomic E-state index is 0.305. The van der Waals surface area contributed by atoms with Gasteiger partial charge in [0.2, 0.25) is 5.82 Å². The van der Waals surface area contributed by atoms with Crippen LogP contribution in [0.15, 0.2) is 156 Å². The molecule has 0 saturated heterocycles. The van der Waals surface area contributed by atoms with Gasteiger partial charge in [-0.1, -0.05) is 158 Å². The van der Waals surface area contributed by atoms with Gasteiger partial charge in [-0.3, -0.25) is 0 Å². The summed E-state index contributed by atoms with van der Waals surface area (Å²) in [5.74, 6) is 0.161. The third-order valence-corrected chi connectivity index (χ3v) is 9.38. The molecule has 0 radical (unpaired) electrons. The number of ether oxygens (including phenoxy) is 1.